The second kappa shape index (κ2) is 3.33. The standard InChI is InChI=1S/C9H7BrClNO/c10-6-1-7-5(3-12)4-13-9(7)8(11)2-6/h1-2,4H,3,12H2. The molecule has 0 aliphatic rings. The maximum absolute atomic E-state index is 5.97. The molecule has 2 N–H and O–H groups in total. The first-order valence-corrected chi connectivity index (χ1v) is 4.94. The van der Waals surface area contributed by atoms with E-state index >= 15 is 0 Å². The van der Waals surface area contributed by atoms with E-state index in [1.165, 1.54) is 0 Å². The summed E-state index contributed by atoms with van der Waals surface area (Å²) in [5.74, 6) is 0. The van der Waals surface area contributed by atoms with Crippen molar-refractivity contribution in [2.75, 3.05) is 0 Å². The van der Waals surface area contributed by atoms with Crippen LogP contribution in [0, 0.1) is 0 Å². The molecule has 4 heteroatoms. The Hall–Kier alpha value is -0.510. The van der Waals surface area contributed by atoms with E-state index < -0.39 is 0 Å². The molecule has 0 amide bonds. The molecule has 2 rings (SSSR count). The van der Waals surface area contributed by atoms with Crippen molar-refractivity contribution in [2.45, 2.75) is 6.54 Å². The molecule has 13 heavy (non-hydrogen) atoms. The molecule has 2 aromatic rings. The van der Waals surface area contributed by atoms with Crippen LogP contribution in [0.15, 0.2) is 27.3 Å². The normalized spacial score (nSPS) is 11.0. The van der Waals surface area contributed by atoms with Gasteiger partial charge in [-0.3, -0.25) is 0 Å². The zero-order chi connectivity index (χ0) is 9.42. The number of halogens is 2. The lowest BCUT2D eigenvalue weighted by atomic mass is 10.2. The van der Waals surface area contributed by atoms with E-state index in [4.69, 9.17) is 21.8 Å². The number of nitrogens with two attached hydrogens (primary N) is 1. The predicted molar refractivity (Wildman–Crippen MR) is 56.8 cm³/mol. The van der Waals surface area contributed by atoms with Crippen molar-refractivity contribution in [1.29, 1.82) is 0 Å². The first-order chi connectivity index (χ1) is 6.22. The number of furan rings is 1. The van der Waals surface area contributed by atoms with Gasteiger partial charge in [0.1, 0.15) is 0 Å². The zero-order valence-electron chi connectivity index (χ0n) is 6.68. The first kappa shape index (κ1) is 9.06. The fourth-order valence-electron chi connectivity index (χ4n) is 1.27. The SMILES string of the molecule is NCc1coc2c(Cl)cc(Br)cc12. The maximum atomic E-state index is 5.97. The highest BCUT2D eigenvalue weighted by molar-refractivity contribution is 9.10. The monoisotopic (exact) mass is 259 g/mol. The Morgan fingerprint density at radius 2 is 2.23 bits per heavy atom. The van der Waals surface area contributed by atoms with Crippen LogP contribution in [0.4, 0.5) is 0 Å². The van der Waals surface area contributed by atoms with Crippen LogP contribution in [0.1, 0.15) is 5.56 Å². The molecule has 0 radical (unpaired) electrons. The lowest BCUT2D eigenvalue weighted by Crippen LogP contribution is -1.93. The predicted octanol–water partition coefficient (Wildman–Crippen LogP) is 3.31. The topological polar surface area (TPSA) is 39.2 Å². The van der Waals surface area contributed by atoms with Crippen molar-refractivity contribution in [3.63, 3.8) is 0 Å². The molecule has 0 bridgehead atoms. The molecule has 1 aromatic heterocycles. The van der Waals surface area contributed by atoms with Crippen molar-refractivity contribution in [2.24, 2.45) is 5.73 Å². The van der Waals surface area contributed by atoms with Gasteiger partial charge in [0, 0.05) is 22.0 Å². The molecule has 0 aliphatic carbocycles. The molecular weight excluding hydrogens is 253 g/mol. The zero-order valence-corrected chi connectivity index (χ0v) is 9.02. The van der Waals surface area contributed by atoms with Crippen molar-refractivity contribution < 1.29 is 4.42 Å². The summed E-state index contributed by atoms with van der Waals surface area (Å²) >= 11 is 9.33. The van der Waals surface area contributed by atoms with Gasteiger partial charge in [-0.25, -0.2) is 0 Å². The van der Waals surface area contributed by atoms with E-state index in [0.29, 0.717) is 17.2 Å². The average molecular weight is 261 g/mol. The fraction of sp³-hybridized carbons (Fsp3) is 0.111. The Kier molecular flexibility index (Phi) is 2.32. The molecule has 1 heterocycles. The number of hydrogen-bond acceptors (Lipinski definition) is 2. The summed E-state index contributed by atoms with van der Waals surface area (Å²) in [4.78, 5) is 0. The highest BCUT2D eigenvalue weighted by atomic mass is 79.9. The van der Waals surface area contributed by atoms with Crippen molar-refractivity contribution in [3.8, 4) is 0 Å². The first-order valence-electron chi connectivity index (χ1n) is 3.77. The summed E-state index contributed by atoms with van der Waals surface area (Å²) in [6, 6.07) is 3.75. The number of rotatable bonds is 1. The van der Waals surface area contributed by atoms with Gasteiger partial charge in [0.15, 0.2) is 5.58 Å². The summed E-state index contributed by atoms with van der Waals surface area (Å²) in [7, 11) is 0. The largest absolute Gasteiger partial charge is 0.462 e. The number of fused-ring (bicyclic) bond motifs is 1. The lowest BCUT2D eigenvalue weighted by Gasteiger charge is -1.95. The van der Waals surface area contributed by atoms with Gasteiger partial charge in [-0.15, -0.1) is 0 Å². The summed E-state index contributed by atoms with van der Waals surface area (Å²) in [6.45, 7) is 0.458. The molecule has 0 aliphatic heterocycles. The van der Waals surface area contributed by atoms with Crippen LogP contribution in [0.25, 0.3) is 11.0 Å². The Morgan fingerprint density at radius 1 is 1.46 bits per heavy atom. The smallest absolute Gasteiger partial charge is 0.152 e. The molecule has 0 unspecified atom stereocenters. The summed E-state index contributed by atoms with van der Waals surface area (Å²) < 4.78 is 6.22. The third-order valence-electron chi connectivity index (χ3n) is 1.89. The van der Waals surface area contributed by atoms with Gasteiger partial charge in [-0.2, -0.15) is 0 Å². The van der Waals surface area contributed by atoms with Crippen LogP contribution in [0.3, 0.4) is 0 Å². The minimum absolute atomic E-state index is 0.458. The fourth-order valence-corrected chi connectivity index (χ4v) is 2.12. The van der Waals surface area contributed by atoms with E-state index in [1.54, 1.807) is 12.3 Å². The van der Waals surface area contributed by atoms with E-state index in [-0.39, 0.29) is 0 Å². The Labute approximate surface area is 88.8 Å². The van der Waals surface area contributed by atoms with Crippen molar-refractivity contribution in [3.05, 3.63) is 33.5 Å². The molecule has 0 atom stereocenters. The molecule has 0 saturated heterocycles. The van der Waals surface area contributed by atoms with Gasteiger partial charge in [0.2, 0.25) is 0 Å². The van der Waals surface area contributed by atoms with Crippen LogP contribution < -0.4 is 5.73 Å². The van der Waals surface area contributed by atoms with Gasteiger partial charge >= 0.3 is 0 Å². The van der Waals surface area contributed by atoms with Gasteiger partial charge in [0.05, 0.1) is 11.3 Å². The highest BCUT2D eigenvalue weighted by Gasteiger charge is 2.08. The lowest BCUT2D eigenvalue weighted by molar-refractivity contribution is 0.610. The van der Waals surface area contributed by atoms with E-state index in [1.807, 2.05) is 6.07 Å². The Morgan fingerprint density at radius 3 is 2.92 bits per heavy atom. The summed E-state index contributed by atoms with van der Waals surface area (Å²) in [5.41, 5.74) is 7.21. The Bertz CT molecular complexity index is 452. The molecule has 68 valence electrons. The van der Waals surface area contributed by atoms with E-state index in [0.717, 1.165) is 15.4 Å². The quantitative estimate of drug-likeness (QED) is 0.854. The van der Waals surface area contributed by atoms with Crippen LogP contribution in [0.5, 0.6) is 0 Å². The van der Waals surface area contributed by atoms with Gasteiger partial charge in [0.25, 0.3) is 0 Å². The third-order valence-corrected chi connectivity index (χ3v) is 2.63. The molecule has 0 saturated carbocycles. The number of benzene rings is 1. The van der Waals surface area contributed by atoms with Crippen LogP contribution in [0.2, 0.25) is 5.02 Å². The molecular formula is C9H7BrClNO. The maximum Gasteiger partial charge on any atom is 0.152 e. The molecule has 2 nitrogen and oxygen atoms in total. The summed E-state index contributed by atoms with van der Waals surface area (Å²) in [5, 5.41) is 1.57. The summed E-state index contributed by atoms with van der Waals surface area (Å²) in [6.07, 6.45) is 1.64. The van der Waals surface area contributed by atoms with E-state index in [2.05, 4.69) is 15.9 Å². The van der Waals surface area contributed by atoms with Gasteiger partial charge < -0.3 is 10.2 Å². The minimum Gasteiger partial charge on any atom is -0.462 e. The van der Waals surface area contributed by atoms with Gasteiger partial charge in [-0.1, -0.05) is 27.5 Å². The molecule has 0 spiro atoms. The Balaban J connectivity index is 2.82. The van der Waals surface area contributed by atoms with Crippen molar-refractivity contribution >= 4 is 38.5 Å². The van der Waals surface area contributed by atoms with Crippen LogP contribution in [-0.2, 0) is 6.54 Å². The highest BCUT2D eigenvalue weighted by Crippen LogP contribution is 2.31. The van der Waals surface area contributed by atoms with Gasteiger partial charge in [-0.05, 0) is 12.1 Å². The molecule has 0 fully saturated rings. The average Bonchev–Trinajstić information content (AvgIpc) is 2.47. The molecule has 1 aromatic carbocycles. The second-order valence-electron chi connectivity index (χ2n) is 2.73. The van der Waals surface area contributed by atoms with Crippen molar-refractivity contribution in [1.82, 2.24) is 0 Å². The third kappa shape index (κ3) is 1.47. The van der Waals surface area contributed by atoms with E-state index in [9.17, 15) is 0 Å². The van der Waals surface area contributed by atoms with Crippen LogP contribution in [-0.4, -0.2) is 0 Å². The number of hydrogen-bond donors (Lipinski definition) is 1. The minimum atomic E-state index is 0.458. The second-order valence-corrected chi connectivity index (χ2v) is 4.05. The van der Waals surface area contributed by atoms with Crippen LogP contribution >= 0.6 is 27.5 Å².